The normalized spacial score (nSPS) is 12.4. The number of hydrogen-bond acceptors (Lipinski definition) is 3. The van der Waals surface area contributed by atoms with E-state index in [4.69, 9.17) is 8.83 Å². The molecule has 0 atom stereocenters. The fourth-order valence-electron chi connectivity index (χ4n) is 7.98. The van der Waals surface area contributed by atoms with Crippen LogP contribution < -0.4 is 0 Å². The van der Waals surface area contributed by atoms with Crippen LogP contribution in [-0.4, -0.2) is 14.1 Å². The van der Waals surface area contributed by atoms with E-state index in [2.05, 4.69) is 143 Å². The molecule has 5 heterocycles. The Hall–Kier alpha value is -6.07. The molecule has 0 fully saturated rings. The minimum atomic E-state index is 0.839. The summed E-state index contributed by atoms with van der Waals surface area (Å²) in [7, 11) is 0. The Morgan fingerprint density at radius 3 is 1.86 bits per heavy atom. The van der Waals surface area contributed by atoms with Crippen LogP contribution in [0.3, 0.4) is 0 Å². The molecule has 0 spiro atoms. The van der Waals surface area contributed by atoms with E-state index < -0.39 is 0 Å². The Bertz CT molecular complexity index is 2890. The third-order valence-electron chi connectivity index (χ3n) is 10.1. The number of aromatic nitrogens is 3. The van der Waals surface area contributed by atoms with E-state index in [9.17, 15) is 0 Å². The van der Waals surface area contributed by atoms with Crippen molar-refractivity contribution in [1.29, 1.82) is 0 Å². The molecule has 0 N–H and O–H groups in total. The van der Waals surface area contributed by atoms with Gasteiger partial charge in [-0.3, -0.25) is 4.98 Å². The third kappa shape index (κ3) is 3.96. The van der Waals surface area contributed by atoms with Gasteiger partial charge in [0.15, 0.2) is 11.2 Å². The van der Waals surface area contributed by atoms with Gasteiger partial charge < -0.3 is 18.0 Å². The van der Waals surface area contributed by atoms with Gasteiger partial charge in [-0.05, 0) is 55.3 Å². The Balaban J connectivity index is 1.21. The topological polar surface area (TPSA) is 49.0 Å². The molecule has 0 amide bonds. The maximum atomic E-state index is 6.84. The third-order valence-corrected chi connectivity index (χ3v) is 10.1. The lowest BCUT2D eigenvalue weighted by Gasteiger charge is -2.11. The summed E-state index contributed by atoms with van der Waals surface area (Å²) in [5.41, 5.74) is 11.4. The highest BCUT2D eigenvalue weighted by molar-refractivity contribution is 6.17. The lowest BCUT2D eigenvalue weighted by molar-refractivity contribution is 0.661. The van der Waals surface area contributed by atoms with Crippen molar-refractivity contribution in [3.05, 3.63) is 133 Å². The molecule has 0 saturated heterocycles. The number of fused-ring (bicyclic) bond motifs is 10. The van der Waals surface area contributed by atoms with Crippen LogP contribution in [-0.2, 0) is 6.42 Å². The number of rotatable bonds is 6. The molecule has 0 bridgehead atoms. The molecule has 0 aliphatic rings. The second kappa shape index (κ2) is 10.7. The van der Waals surface area contributed by atoms with Crippen LogP contribution in [0.25, 0.3) is 94.0 Å². The largest absolute Gasteiger partial charge is 0.454 e. The summed E-state index contributed by atoms with van der Waals surface area (Å²) < 4.78 is 18.3. The molecule has 5 aromatic carbocycles. The highest BCUT2D eigenvalue weighted by atomic mass is 16.3. The monoisotopic (exact) mass is 635 g/mol. The first-order valence-electron chi connectivity index (χ1n) is 17.2. The van der Waals surface area contributed by atoms with E-state index in [-0.39, 0.29) is 0 Å². The van der Waals surface area contributed by atoms with Crippen LogP contribution in [0.4, 0.5) is 0 Å². The van der Waals surface area contributed by atoms with Crippen LogP contribution in [0.15, 0.2) is 130 Å². The van der Waals surface area contributed by atoms with E-state index in [1.807, 2.05) is 12.4 Å². The van der Waals surface area contributed by atoms with Gasteiger partial charge >= 0.3 is 0 Å². The summed E-state index contributed by atoms with van der Waals surface area (Å²) in [6, 6.07) is 36.5. The van der Waals surface area contributed by atoms with Gasteiger partial charge in [-0.25, -0.2) is 0 Å². The van der Waals surface area contributed by atoms with Gasteiger partial charge in [-0.2, -0.15) is 0 Å². The molecule has 5 aromatic heterocycles. The summed E-state index contributed by atoms with van der Waals surface area (Å²) in [4.78, 5) is 4.48. The highest BCUT2D eigenvalue weighted by Crippen LogP contribution is 2.42. The van der Waals surface area contributed by atoms with Gasteiger partial charge in [0.25, 0.3) is 0 Å². The Morgan fingerprint density at radius 2 is 1.18 bits per heavy atom. The number of furan rings is 2. The maximum Gasteiger partial charge on any atom is 0.159 e. The van der Waals surface area contributed by atoms with Crippen molar-refractivity contribution in [3.63, 3.8) is 0 Å². The Labute approximate surface area is 282 Å². The smallest absolute Gasteiger partial charge is 0.159 e. The predicted molar refractivity (Wildman–Crippen MR) is 203 cm³/mol. The second-order valence-corrected chi connectivity index (χ2v) is 12.9. The molecule has 5 heteroatoms. The average Bonchev–Trinajstić information content (AvgIpc) is 3.88. The minimum Gasteiger partial charge on any atom is -0.454 e. The zero-order valence-electron chi connectivity index (χ0n) is 27.4. The molecular weight excluding hydrogens is 603 g/mol. The number of hydrogen-bond donors (Lipinski definition) is 0. The van der Waals surface area contributed by atoms with Crippen molar-refractivity contribution < 1.29 is 8.83 Å². The van der Waals surface area contributed by atoms with Crippen LogP contribution in [0.5, 0.6) is 0 Å². The quantitative estimate of drug-likeness (QED) is 0.183. The number of nitrogens with zero attached hydrogens (tertiary/aromatic N) is 3. The molecule has 10 rings (SSSR count). The van der Waals surface area contributed by atoms with E-state index >= 15 is 0 Å². The average molecular weight is 636 g/mol. The lowest BCUT2D eigenvalue weighted by Crippen LogP contribution is -2.00. The van der Waals surface area contributed by atoms with Crippen LogP contribution in [0.1, 0.15) is 37.9 Å². The van der Waals surface area contributed by atoms with Crippen LogP contribution in [0, 0.1) is 0 Å². The van der Waals surface area contributed by atoms with Crippen molar-refractivity contribution in [3.8, 4) is 11.4 Å². The number of benzene rings is 5. The van der Waals surface area contributed by atoms with E-state index in [0.29, 0.717) is 0 Å². The SMILES string of the molecule is CCC/C=C\c1c(CC)n(-c2cccc3c2oc2cc4c(cc23)oc2c(-n3c5ccccc5c5ccncc53)cccc24)c2ccccc12. The van der Waals surface area contributed by atoms with Crippen molar-refractivity contribution >= 4 is 82.7 Å². The van der Waals surface area contributed by atoms with Gasteiger partial charge in [0.1, 0.15) is 11.2 Å². The van der Waals surface area contributed by atoms with Gasteiger partial charge in [0.05, 0.1) is 34.1 Å². The molecule has 0 aliphatic heterocycles. The first kappa shape index (κ1) is 28.0. The van der Waals surface area contributed by atoms with Crippen molar-refractivity contribution in [2.45, 2.75) is 33.1 Å². The zero-order valence-corrected chi connectivity index (χ0v) is 27.4. The van der Waals surface area contributed by atoms with Crippen LogP contribution in [0.2, 0.25) is 0 Å². The van der Waals surface area contributed by atoms with Gasteiger partial charge in [0, 0.05) is 55.2 Å². The number of unbranched alkanes of at least 4 members (excludes halogenated alkanes) is 1. The summed E-state index contributed by atoms with van der Waals surface area (Å²) in [5.74, 6) is 0. The molecule has 10 aromatic rings. The molecule has 236 valence electrons. The van der Waals surface area contributed by atoms with Crippen molar-refractivity contribution in [2.24, 2.45) is 0 Å². The predicted octanol–water partition coefficient (Wildman–Crippen LogP) is 12.3. The molecule has 0 aliphatic carbocycles. The molecular formula is C44H33N3O2. The van der Waals surface area contributed by atoms with Gasteiger partial charge in [-0.1, -0.05) is 93.1 Å². The summed E-state index contributed by atoms with van der Waals surface area (Å²) >= 11 is 0. The summed E-state index contributed by atoms with van der Waals surface area (Å²) in [6.07, 6.45) is 11.5. The zero-order chi connectivity index (χ0) is 32.6. The fourth-order valence-corrected chi connectivity index (χ4v) is 7.98. The molecule has 0 radical (unpaired) electrons. The molecule has 5 nitrogen and oxygen atoms in total. The number of pyridine rings is 1. The fraction of sp³-hybridized carbons (Fsp3) is 0.114. The van der Waals surface area contributed by atoms with E-state index in [1.54, 1.807) is 0 Å². The second-order valence-electron chi connectivity index (χ2n) is 12.9. The Morgan fingerprint density at radius 1 is 0.592 bits per heavy atom. The van der Waals surface area contributed by atoms with Crippen molar-refractivity contribution in [2.75, 3.05) is 0 Å². The maximum absolute atomic E-state index is 6.84. The first-order valence-corrected chi connectivity index (χ1v) is 17.2. The highest BCUT2D eigenvalue weighted by Gasteiger charge is 2.22. The standard InChI is InChI=1S/C44H33N3O2/c1-3-5-6-13-27-28-14-7-9-18-36(28)46(35(27)4-2)38-20-11-16-31-33-24-42-34(25-41(33)48-43(31)38)32-17-12-21-39(44(32)49-42)47-37-19-10-8-15-29(37)30-22-23-45-26-40(30)47/h6-26H,3-5H2,1-2H3/b13-6-. The van der Waals surface area contributed by atoms with E-state index in [0.717, 1.165) is 85.5 Å². The number of para-hydroxylation sites is 4. The molecule has 0 saturated carbocycles. The lowest BCUT2D eigenvalue weighted by atomic mass is 10.1. The van der Waals surface area contributed by atoms with Gasteiger partial charge in [0.2, 0.25) is 0 Å². The van der Waals surface area contributed by atoms with E-state index in [1.165, 1.54) is 32.9 Å². The summed E-state index contributed by atoms with van der Waals surface area (Å²) in [5, 5.41) is 7.84. The van der Waals surface area contributed by atoms with Gasteiger partial charge in [-0.15, -0.1) is 0 Å². The summed E-state index contributed by atoms with van der Waals surface area (Å²) in [6.45, 7) is 4.46. The molecule has 0 unspecified atom stereocenters. The number of allylic oxidation sites excluding steroid dienone is 1. The molecule has 49 heavy (non-hydrogen) atoms. The van der Waals surface area contributed by atoms with Crippen molar-refractivity contribution in [1.82, 2.24) is 14.1 Å². The van der Waals surface area contributed by atoms with Crippen LogP contribution >= 0.6 is 0 Å². The Kier molecular flexibility index (Phi) is 6.13. The first-order chi connectivity index (χ1) is 24.2. The minimum absolute atomic E-state index is 0.839.